The lowest BCUT2D eigenvalue weighted by Crippen LogP contribution is -2.48. The minimum Gasteiger partial charge on any atom is -0.345 e. The Kier molecular flexibility index (Phi) is 6.17. The maximum absolute atomic E-state index is 12.5. The Morgan fingerprint density at radius 2 is 1.89 bits per heavy atom. The zero-order valence-electron chi connectivity index (χ0n) is 16.1. The summed E-state index contributed by atoms with van der Waals surface area (Å²) in [6, 6.07) is 16.8. The van der Waals surface area contributed by atoms with Crippen molar-refractivity contribution in [1.82, 2.24) is 9.88 Å². The number of thiazole rings is 1. The fraction of sp³-hybridized carbons (Fsp3) is 0.364. The first kappa shape index (κ1) is 19.3. The third-order valence-corrected chi connectivity index (χ3v) is 7.16. The number of amides is 1. The summed E-state index contributed by atoms with van der Waals surface area (Å²) in [4.78, 5) is 22.9. The van der Waals surface area contributed by atoms with E-state index in [0.717, 1.165) is 49.0 Å². The molecule has 0 saturated carbocycles. The highest BCUT2D eigenvalue weighted by atomic mass is 32.2. The summed E-state index contributed by atoms with van der Waals surface area (Å²) in [7, 11) is 0. The molecular weight excluding hydrogens is 386 g/mol. The maximum Gasteiger partial charge on any atom is 0.222 e. The van der Waals surface area contributed by atoms with Crippen LogP contribution in [-0.4, -0.2) is 47.7 Å². The lowest BCUT2D eigenvalue weighted by molar-refractivity contribution is -0.131. The second kappa shape index (κ2) is 8.97. The van der Waals surface area contributed by atoms with Crippen LogP contribution in [0.4, 0.5) is 5.13 Å². The zero-order valence-corrected chi connectivity index (χ0v) is 17.8. The highest BCUT2D eigenvalue weighted by Crippen LogP contribution is 2.30. The van der Waals surface area contributed by atoms with Crippen LogP contribution in [0, 0.1) is 6.92 Å². The van der Waals surface area contributed by atoms with Gasteiger partial charge in [0.1, 0.15) is 0 Å². The molecule has 1 aliphatic rings. The number of rotatable bonds is 6. The summed E-state index contributed by atoms with van der Waals surface area (Å²) in [5.41, 5.74) is 2.34. The van der Waals surface area contributed by atoms with Gasteiger partial charge in [-0.25, -0.2) is 4.98 Å². The van der Waals surface area contributed by atoms with Crippen LogP contribution in [0.25, 0.3) is 10.2 Å². The average molecular weight is 412 g/mol. The Morgan fingerprint density at radius 3 is 2.68 bits per heavy atom. The molecule has 2 aromatic carbocycles. The highest BCUT2D eigenvalue weighted by molar-refractivity contribution is 7.99. The first-order valence-electron chi connectivity index (χ1n) is 9.77. The average Bonchev–Trinajstić information content (AvgIpc) is 3.15. The molecule has 1 fully saturated rings. The largest absolute Gasteiger partial charge is 0.345 e. The summed E-state index contributed by atoms with van der Waals surface area (Å²) >= 11 is 3.57. The lowest BCUT2D eigenvalue weighted by atomic mass is 10.2. The first-order chi connectivity index (χ1) is 13.7. The Balaban J connectivity index is 1.23. The standard InChI is InChI=1S/C22H25N3OS2/c1-17-9-10-19-20(16-17)28-22(23-19)25-13-11-24(12-14-25)21(26)8-5-15-27-18-6-3-2-4-7-18/h2-4,6-7,9-10,16H,5,8,11-15H2,1H3. The van der Waals surface area contributed by atoms with Gasteiger partial charge in [-0.15, -0.1) is 11.8 Å². The number of anilines is 1. The van der Waals surface area contributed by atoms with Gasteiger partial charge >= 0.3 is 0 Å². The molecule has 0 bridgehead atoms. The van der Waals surface area contributed by atoms with Crippen molar-refractivity contribution < 1.29 is 4.79 Å². The summed E-state index contributed by atoms with van der Waals surface area (Å²) in [5, 5.41) is 1.08. The van der Waals surface area contributed by atoms with Gasteiger partial charge in [-0.05, 0) is 48.9 Å². The maximum atomic E-state index is 12.5. The van der Waals surface area contributed by atoms with Crippen molar-refractivity contribution in [2.75, 3.05) is 36.8 Å². The summed E-state index contributed by atoms with van der Waals surface area (Å²) < 4.78 is 1.24. The number of aryl methyl sites for hydroxylation is 1. The van der Waals surface area contributed by atoms with E-state index in [2.05, 4.69) is 54.3 Å². The van der Waals surface area contributed by atoms with Gasteiger partial charge in [0.15, 0.2) is 5.13 Å². The highest BCUT2D eigenvalue weighted by Gasteiger charge is 2.22. The van der Waals surface area contributed by atoms with Crippen molar-refractivity contribution in [2.45, 2.75) is 24.7 Å². The molecule has 0 N–H and O–H groups in total. The Hall–Kier alpha value is -2.05. The summed E-state index contributed by atoms with van der Waals surface area (Å²) in [6.07, 6.45) is 1.57. The van der Waals surface area contributed by atoms with E-state index in [1.54, 1.807) is 11.3 Å². The number of thioether (sulfide) groups is 1. The van der Waals surface area contributed by atoms with Crippen molar-refractivity contribution in [3.05, 3.63) is 54.1 Å². The third-order valence-electron chi connectivity index (χ3n) is 4.98. The number of hydrogen-bond donors (Lipinski definition) is 0. The van der Waals surface area contributed by atoms with Gasteiger partial charge in [0.05, 0.1) is 10.2 Å². The van der Waals surface area contributed by atoms with Crippen LogP contribution >= 0.6 is 23.1 Å². The quantitative estimate of drug-likeness (QED) is 0.430. The number of piperazine rings is 1. The van der Waals surface area contributed by atoms with Gasteiger partial charge in [0.25, 0.3) is 0 Å². The van der Waals surface area contributed by atoms with Gasteiger partial charge < -0.3 is 9.80 Å². The van der Waals surface area contributed by atoms with Gasteiger partial charge in [-0.1, -0.05) is 35.6 Å². The topological polar surface area (TPSA) is 36.4 Å². The number of nitrogens with zero attached hydrogens (tertiary/aromatic N) is 3. The molecule has 0 unspecified atom stereocenters. The van der Waals surface area contributed by atoms with E-state index in [1.165, 1.54) is 15.2 Å². The number of carbonyl (C=O) groups excluding carboxylic acids is 1. The number of hydrogen-bond acceptors (Lipinski definition) is 5. The SMILES string of the molecule is Cc1ccc2nc(N3CCN(C(=O)CCCSc4ccccc4)CC3)sc2c1. The molecule has 4 nitrogen and oxygen atoms in total. The zero-order chi connectivity index (χ0) is 19.3. The minimum absolute atomic E-state index is 0.285. The van der Waals surface area contributed by atoms with Crippen molar-refractivity contribution in [3.63, 3.8) is 0 Å². The van der Waals surface area contributed by atoms with E-state index >= 15 is 0 Å². The van der Waals surface area contributed by atoms with E-state index in [0.29, 0.717) is 6.42 Å². The fourth-order valence-electron chi connectivity index (χ4n) is 3.39. The molecule has 1 saturated heterocycles. The predicted molar refractivity (Wildman–Crippen MR) is 120 cm³/mol. The molecule has 1 aromatic heterocycles. The second-order valence-corrected chi connectivity index (χ2v) is 9.28. The van der Waals surface area contributed by atoms with E-state index in [9.17, 15) is 4.79 Å². The van der Waals surface area contributed by atoms with Crippen molar-refractivity contribution in [1.29, 1.82) is 0 Å². The molecule has 1 aliphatic heterocycles. The molecule has 3 aromatic rings. The van der Waals surface area contributed by atoms with Crippen LogP contribution in [0.5, 0.6) is 0 Å². The van der Waals surface area contributed by atoms with Gasteiger partial charge in [-0.3, -0.25) is 4.79 Å². The van der Waals surface area contributed by atoms with E-state index in [1.807, 2.05) is 22.7 Å². The smallest absolute Gasteiger partial charge is 0.222 e. The molecule has 0 atom stereocenters. The molecule has 4 rings (SSSR count). The van der Waals surface area contributed by atoms with Crippen LogP contribution in [0.15, 0.2) is 53.4 Å². The molecule has 28 heavy (non-hydrogen) atoms. The van der Waals surface area contributed by atoms with Gasteiger partial charge in [0.2, 0.25) is 5.91 Å². The molecular formula is C22H25N3OS2. The van der Waals surface area contributed by atoms with E-state index < -0.39 is 0 Å². The fourth-order valence-corrected chi connectivity index (χ4v) is 5.38. The van der Waals surface area contributed by atoms with Crippen LogP contribution in [0.1, 0.15) is 18.4 Å². The lowest BCUT2D eigenvalue weighted by Gasteiger charge is -2.34. The molecule has 0 radical (unpaired) electrons. The van der Waals surface area contributed by atoms with Crippen LogP contribution < -0.4 is 4.90 Å². The van der Waals surface area contributed by atoms with E-state index in [4.69, 9.17) is 4.98 Å². The summed E-state index contributed by atoms with van der Waals surface area (Å²) in [5.74, 6) is 1.27. The molecule has 1 amide bonds. The monoisotopic (exact) mass is 411 g/mol. The number of fused-ring (bicyclic) bond motifs is 1. The van der Waals surface area contributed by atoms with Crippen molar-refractivity contribution in [3.8, 4) is 0 Å². The van der Waals surface area contributed by atoms with Crippen molar-refractivity contribution >= 4 is 44.4 Å². The Morgan fingerprint density at radius 1 is 1.11 bits per heavy atom. The predicted octanol–water partition coefficient (Wildman–Crippen LogP) is 4.83. The molecule has 2 heterocycles. The minimum atomic E-state index is 0.285. The van der Waals surface area contributed by atoms with Crippen molar-refractivity contribution in [2.24, 2.45) is 0 Å². The number of aromatic nitrogens is 1. The molecule has 6 heteroatoms. The van der Waals surface area contributed by atoms with E-state index in [-0.39, 0.29) is 5.91 Å². The normalized spacial score (nSPS) is 14.6. The first-order valence-corrected chi connectivity index (χ1v) is 11.6. The van der Waals surface area contributed by atoms with Crippen LogP contribution in [-0.2, 0) is 4.79 Å². The third kappa shape index (κ3) is 4.67. The van der Waals surface area contributed by atoms with Crippen LogP contribution in [0.2, 0.25) is 0 Å². The summed E-state index contributed by atoms with van der Waals surface area (Å²) in [6.45, 7) is 5.42. The van der Waals surface area contributed by atoms with Crippen LogP contribution in [0.3, 0.4) is 0 Å². The Bertz CT molecular complexity index is 933. The number of carbonyl (C=O) groups is 1. The second-order valence-electron chi connectivity index (χ2n) is 7.10. The molecule has 0 aliphatic carbocycles. The molecule has 0 spiro atoms. The van der Waals surface area contributed by atoms with Gasteiger partial charge in [-0.2, -0.15) is 0 Å². The number of benzene rings is 2. The van der Waals surface area contributed by atoms with Gasteiger partial charge in [0, 0.05) is 37.5 Å². The Labute approximate surface area is 174 Å². The molecule has 146 valence electrons.